The number of nitrogens with zero attached hydrogens (tertiary/aromatic N) is 2. The van der Waals surface area contributed by atoms with Gasteiger partial charge in [0.2, 0.25) is 5.89 Å². The van der Waals surface area contributed by atoms with Gasteiger partial charge in [-0.3, -0.25) is 4.79 Å². The first-order valence-corrected chi connectivity index (χ1v) is 6.24. The molecule has 0 fully saturated rings. The van der Waals surface area contributed by atoms with Crippen molar-refractivity contribution in [2.45, 2.75) is 20.4 Å². The minimum absolute atomic E-state index is 0.0941. The number of aromatic carboxylic acids is 1. The molecule has 0 aliphatic carbocycles. The van der Waals surface area contributed by atoms with Gasteiger partial charge in [0.05, 0.1) is 16.2 Å². The molecule has 6 nitrogen and oxygen atoms in total. The van der Waals surface area contributed by atoms with E-state index in [0.29, 0.717) is 17.1 Å². The molecule has 0 aromatic carbocycles. The fourth-order valence-electron chi connectivity index (χ4n) is 1.92. The normalized spacial score (nSPS) is 10.7. The Bertz CT molecular complexity index is 689. The minimum atomic E-state index is -1.07. The lowest BCUT2D eigenvalue weighted by Gasteiger charge is -2.14. The van der Waals surface area contributed by atoms with Crippen LogP contribution in [0.3, 0.4) is 0 Å². The van der Waals surface area contributed by atoms with Crippen LogP contribution in [0.5, 0.6) is 0 Å². The van der Waals surface area contributed by atoms with E-state index in [0.717, 1.165) is 0 Å². The zero-order valence-corrected chi connectivity index (χ0v) is 11.9. The molecule has 2 aromatic rings. The predicted octanol–water partition coefficient (Wildman–Crippen LogP) is 1.96. The van der Waals surface area contributed by atoms with Crippen molar-refractivity contribution in [3.8, 4) is 0 Å². The Morgan fingerprint density at radius 1 is 1.53 bits per heavy atom. The van der Waals surface area contributed by atoms with E-state index in [-0.39, 0.29) is 22.1 Å². The largest absolute Gasteiger partial charge is 0.478 e. The van der Waals surface area contributed by atoms with Crippen LogP contribution in [0.15, 0.2) is 26.1 Å². The lowest BCUT2D eigenvalue weighted by atomic mass is 10.1. The third-order valence-corrected chi connectivity index (χ3v) is 3.83. The fraction of sp³-hybridized carbons (Fsp3) is 0.250. The van der Waals surface area contributed by atoms with Crippen molar-refractivity contribution in [1.82, 2.24) is 9.55 Å². The van der Waals surface area contributed by atoms with E-state index in [1.165, 1.54) is 17.0 Å². The maximum absolute atomic E-state index is 12.2. The molecular weight excluding hydrogens is 316 g/mol. The second kappa shape index (κ2) is 5.00. The maximum atomic E-state index is 12.2. The van der Waals surface area contributed by atoms with Gasteiger partial charge in [-0.1, -0.05) is 0 Å². The van der Waals surface area contributed by atoms with E-state index in [1.54, 1.807) is 13.8 Å². The quantitative estimate of drug-likeness (QED) is 0.931. The van der Waals surface area contributed by atoms with Crippen molar-refractivity contribution in [1.29, 1.82) is 0 Å². The van der Waals surface area contributed by atoms with Crippen LogP contribution in [-0.4, -0.2) is 20.6 Å². The maximum Gasteiger partial charge on any atom is 0.337 e. The molecule has 19 heavy (non-hydrogen) atoms. The molecule has 1 N–H and O–H groups in total. The highest BCUT2D eigenvalue weighted by Crippen LogP contribution is 2.20. The van der Waals surface area contributed by atoms with Crippen LogP contribution in [-0.2, 0) is 6.54 Å². The first kappa shape index (κ1) is 13.5. The Morgan fingerprint density at radius 3 is 2.74 bits per heavy atom. The summed E-state index contributed by atoms with van der Waals surface area (Å²) in [6.07, 6.45) is 2.87. The third-order valence-electron chi connectivity index (χ3n) is 2.89. The number of hydrogen-bond donors (Lipinski definition) is 1. The van der Waals surface area contributed by atoms with E-state index < -0.39 is 5.97 Å². The van der Waals surface area contributed by atoms with Crippen LogP contribution in [0.2, 0.25) is 0 Å². The second-order valence-electron chi connectivity index (χ2n) is 4.02. The van der Waals surface area contributed by atoms with Gasteiger partial charge >= 0.3 is 5.97 Å². The molecule has 0 amide bonds. The lowest BCUT2D eigenvalue weighted by Crippen LogP contribution is -2.27. The van der Waals surface area contributed by atoms with Gasteiger partial charge in [-0.25, -0.2) is 9.78 Å². The Hall–Kier alpha value is -1.89. The topological polar surface area (TPSA) is 85.3 Å². The number of oxazole rings is 1. The van der Waals surface area contributed by atoms with Crippen LogP contribution in [0.4, 0.5) is 0 Å². The molecule has 0 bridgehead atoms. The summed E-state index contributed by atoms with van der Waals surface area (Å²) >= 11 is 3.14. The van der Waals surface area contributed by atoms with E-state index in [2.05, 4.69) is 20.9 Å². The Morgan fingerprint density at radius 2 is 2.21 bits per heavy atom. The monoisotopic (exact) mass is 326 g/mol. The third kappa shape index (κ3) is 2.33. The Kier molecular flexibility index (Phi) is 3.57. The number of aromatic nitrogens is 2. The molecule has 0 saturated carbocycles. The van der Waals surface area contributed by atoms with Crippen molar-refractivity contribution in [2.24, 2.45) is 0 Å². The highest BCUT2D eigenvalue weighted by molar-refractivity contribution is 9.10. The van der Waals surface area contributed by atoms with Crippen LogP contribution in [0.25, 0.3) is 0 Å². The van der Waals surface area contributed by atoms with Crippen molar-refractivity contribution in [3.63, 3.8) is 0 Å². The molecule has 2 rings (SSSR count). The molecule has 100 valence electrons. The van der Waals surface area contributed by atoms with E-state index in [1.807, 2.05) is 0 Å². The number of pyridine rings is 1. The summed E-state index contributed by atoms with van der Waals surface area (Å²) in [7, 11) is 0. The standard InChI is InChI=1S/C12H11BrN2O4/c1-6-9(12(17)18)7(2)15(11(16)10(6)13)5-8-14-3-4-19-8/h3-4H,5H2,1-2H3,(H,17,18). The average Bonchev–Trinajstić information content (AvgIpc) is 2.84. The molecule has 0 atom stereocenters. The minimum Gasteiger partial charge on any atom is -0.478 e. The van der Waals surface area contributed by atoms with Gasteiger partial charge in [0.15, 0.2) is 0 Å². The van der Waals surface area contributed by atoms with Gasteiger partial charge < -0.3 is 14.1 Å². The molecular formula is C12H11BrN2O4. The lowest BCUT2D eigenvalue weighted by molar-refractivity contribution is 0.0694. The first-order valence-electron chi connectivity index (χ1n) is 5.44. The molecule has 2 heterocycles. The van der Waals surface area contributed by atoms with Gasteiger partial charge in [0, 0.05) is 5.69 Å². The zero-order chi connectivity index (χ0) is 14.2. The molecule has 0 spiro atoms. The molecule has 0 saturated heterocycles. The Balaban J connectivity index is 2.67. The van der Waals surface area contributed by atoms with Gasteiger partial charge in [-0.15, -0.1) is 0 Å². The zero-order valence-electron chi connectivity index (χ0n) is 10.3. The molecule has 7 heteroatoms. The smallest absolute Gasteiger partial charge is 0.337 e. The average molecular weight is 327 g/mol. The first-order chi connectivity index (χ1) is 8.93. The van der Waals surface area contributed by atoms with Crippen molar-refractivity contribution in [3.05, 3.63) is 50.0 Å². The van der Waals surface area contributed by atoms with Gasteiger partial charge in [0.1, 0.15) is 12.8 Å². The van der Waals surface area contributed by atoms with Crippen LogP contribution >= 0.6 is 15.9 Å². The summed E-state index contributed by atoms with van der Waals surface area (Å²) in [5.41, 5.74) is 0.589. The Labute approximate surface area is 116 Å². The van der Waals surface area contributed by atoms with Gasteiger partial charge in [-0.05, 0) is 35.3 Å². The summed E-state index contributed by atoms with van der Waals surface area (Å²) in [5.74, 6) is -0.728. The number of carboxylic acid groups (broad SMARTS) is 1. The number of hydrogen-bond acceptors (Lipinski definition) is 4. The van der Waals surface area contributed by atoms with Gasteiger partial charge in [-0.2, -0.15) is 0 Å². The predicted molar refractivity (Wildman–Crippen MR) is 70.4 cm³/mol. The number of halogens is 1. The molecule has 0 aliphatic heterocycles. The second-order valence-corrected chi connectivity index (χ2v) is 4.81. The van der Waals surface area contributed by atoms with Crippen LogP contribution in [0.1, 0.15) is 27.5 Å². The van der Waals surface area contributed by atoms with Gasteiger partial charge in [0.25, 0.3) is 5.56 Å². The van der Waals surface area contributed by atoms with Crippen molar-refractivity contribution in [2.75, 3.05) is 0 Å². The van der Waals surface area contributed by atoms with E-state index in [9.17, 15) is 14.7 Å². The molecule has 2 aromatic heterocycles. The number of carbonyl (C=O) groups is 1. The SMILES string of the molecule is Cc1c(C(=O)O)c(C)n(Cc2ncco2)c(=O)c1Br. The van der Waals surface area contributed by atoms with Crippen molar-refractivity contribution >= 4 is 21.9 Å². The van der Waals surface area contributed by atoms with Crippen LogP contribution in [0, 0.1) is 13.8 Å². The van der Waals surface area contributed by atoms with E-state index >= 15 is 0 Å². The number of carboxylic acids is 1. The summed E-state index contributed by atoms with van der Waals surface area (Å²) in [5, 5.41) is 9.24. The summed E-state index contributed by atoms with van der Waals surface area (Å²) in [4.78, 5) is 27.4. The molecule has 0 aliphatic rings. The van der Waals surface area contributed by atoms with Crippen LogP contribution < -0.4 is 5.56 Å². The number of rotatable bonds is 3. The summed E-state index contributed by atoms with van der Waals surface area (Å²) < 4.78 is 6.65. The molecule has 0 unspecified atom stereocenters. The highest BCUT2D eigenvalue weighted by atomic mass is 79.9. The highest BCUT2D eigenvalue weighted by Gasteiger charge is 2.20. The fourth-order valence-corrected chi connectivity index (χ4v) is 2.33. The van der Waals surface area contributed by atoms with Crippen molar-refractivity contribution < 1.29 is 14.3 Å². The summed E-state index contributed by atoms with van der Waals surface area (Å²) in [6, 6.07) is 0. The molecule has 0 radical (unpaired) electrons. The summed E-state index contributed by atoms with van der Waals surface area (Å²) in [6.45, 7) is 3.28. The van der Waals surface area contributed by atoms with E-state index in [4.69, 9.17) is 4.42 Å².